The molecule has 0 unspecified atom stereocenters. The maximum Gasteiger partial charge on any atom is 0.407 e. The normalized spacial score (nSPS) is 10.5. The van der Waals surface area contributed by atoms with Gasteiger partial charge in [0.1, 0.15) is 0 Å². The lowest BCUT2D eigenvalue weighted by atomic mass is 10.2. The van der Waals surface area contributed by atoms with Crippen LogP contribution >= 0.6 is 0 Å². The molecule has 1 amide bonds. The lowest BCUT2D eigenvalue weighted by molar-refractivity contribution is 0.153. The van der Waals surface area contributed by atoms with Crippen LogP contribution in [0.1, 0.15) is 5.69 Å². The Hall–Kier alpha value is -1.97. The molecule has 0 spiro atoms. The smallest absolute Gasteiger partial charge is 0.407 e. The van der Waals surface area contributed by atoms with Gasteiger partial charge in [-0.1, -0.05) is 18.2 Å². The van der Waals surface area contributed by atoms with E-state index in [2.05, 4.69) is 4.98 Å². The molecule has 0 bridgehead atoms. The Morgan fingerprint density at radius 2 is 2.20 bits per heavy atom. The Labute approximate surface area is 87.1 Å². The van der Waals surface area contributed by atoms with Gasteiger partial charge in [0, 0.05) is 18.3 Å². The minimum Gasteiger partial charge on any atom is -0.465 e. The number of hydrogen-bond donors (Lipinski definition) is 2. The van der Waals surface area contributed by atoms with E-state index in [1.165, 1.54) is 4.90 Å². The van der Waals surface area contributed by atoms with E-state index in [-0.39, 0.29) is 0 Å². The van der Waals surface area contributed by atoms with Crippen LogP contribution in [0.25, 0.3) is 10.9 Å². The molecule has 0 aliphatic carbocycles. The summed E-state index contributed by atoms with van der Waals surface area (Å²) in [5, 5.41) is 9.83. The number of benzene rings is 1. The van der Waals surface area contributed by atoms with Gasteiger partial charge in [-0.25, -0.2) is 4.79 Å². The molecule has 0 fully saturated rings. The molecular formula is C11H12N2O2. The number of H-pyrrole nitrogens is 1. The van der Waals surface area contributed by atoms with Crippen LogP contribution in [0.5, 0.6) is 0 Å². The largest absolute Gasteiger partial charge is 0.465 e. The number of nitrogens with zero attached hydrogens (tertiary/aromatic N) is 1. The van der Waals surface area contributed by atoms with Crippen molar-refractivity contribution in [2.75, 3.05) is 7.05 Å². The number of hydrogen-bond acceptors (Lipinski definition) is 1. The molecule has 4 heteroatoms. The zero-order chi connectivity index (χ0) is 10.8. The van der Waals surface area contributed by atoms with Crippen molar-refractivity contribution < 1.29 is 9.90 Å². The van der Waals surface area contributed by atoms with Gasteiger partial charge in [0.2, 0.25) is 0 Å². The summed E-state index contributed by atoms with van der Waals surface area (Å²) >= 11 is 0. The first-order valence-electron chi connectivity index (χ1n) is 4.67. The van der Waals surface area contributed by atoms with Gasteiger partial charge in [-0.2, -0.15) is 0 Å². The number of nitrogens with one attached hydrogen (secondary N) is 1. The SMILES string of the molecule is CN(Cc1cc2ccccc2[nH]1)C(=O)O. The molecule has 0 atom stereocenters. The van der Waals surface area contributed by atoms with E-state index in [0.717, 1.165) is 16.6 Å². The van der Waals surface area contributed by atoms with Crippen LogP contribution in [0.2, 0.25) is 0 Å². The molecule has 2 rings (SSSR count). The van der Waals surface area contributed by atoms with Crippen molar-refractivity contribution in [3.8, 4) is 0 Å². The maximum atomic E-state index is 10.6. The van der Waals surface area contributed by atoms with Crippen LogP contribution in [-0.4, -0.2) is 28.1 Å². The fourth-order valence-corrected chi connectivity index (χ4v) is 1.54. The second-order valence-corrected chi connectivity index (χ2v) is 3.52. The minimum absolute atomic E-state index is 0.379. The average molecular weight is 204 g/mol. The number of amides is 1. The van der Waals surface area contributed by atoms with Crippen molar-refractivity contribution in [3.05, 3.63) is 36.0 Å². The number of carbonyl (C=O) groups is 1. The minimum atomic E-state index is -0.923. The van der Waals surface area contributed by atoms with E-state index in [4.69, 9.17) is 5.11 Å². The Bertz CT molecular complexity index is 457. The van der Waals surface area contributed by atoms with Crippen LogP contribution in [0, 0.1) is 0 Å². The fourth-order valence-electron chi connectivity index (χ4n) is 1.54. The van der Waals surface area contributed by atoms with Gasteiger partial charge in [-0.3, -0.25) is 0 Å². The molecule has 0 saturated carbocycles. The quantitative estimate of drug-likeness (QED) is 0.788. The molecule has 0 aliphatic heterocycles. The predicted octanol–water partition coefficient (Wildman–Crippen LogP) is 2.28. The molecule has 2 aromatic rings. The van der Waals surface area contributed by atoms with Crippen LogP contribution < -0.4 is 0 Å². The van der Waals surface area contributed by atoms with Crippen molar-refractivity contribution in [1.29, 1.82) is 0 Å². The maximum absolute atomic E-state index is 10.6. The Kier molecular flexibility index (Phi) is 2.33. The Morgan fingerprint density at radius 1 is 1.47 bits per heavy atom. The lowest BCUT2D eigenvalue weighted by Gasteiger charge is -2.10. The van der Waals surface area contributed by atoms with Gasteiger partial charge in [-0.15, -0.1) is 0 Å². The number of rotatable bonds is 2. The fraction of sp³-hybridized carbons (Fsp3) is 0.182. The van der Waals surface area contributed by atoms with Crippen LogP contribution in [0.15, 0.2) is 30.3 Å². The highest BCUT2D eigenvalue weighted by molar-refractivity contribution is 5.80. The van der Waals surface area contributed by atoms with Gasteiger partial charge in [-0.05, 0) is 17.5 Å². The van der Waals surface area contributed by atoms with Crippen LogP contribution in [-0.2, 0) is 6.54 Å². The summed E-state index contributed by atoms with van der Waals surface area (Å²) in [6, 6.07) is 9.84. The second-order valence-electron chi connectivity index (χ2n) is 3.52. The average Bonchev–Trinajstić information content (AvgIpc) is 2.59. The molecule has 4 nitrogen and oxygen atoms in total. The van der Waals surface area contributed by atoms with E-state index in [0.29, 0.717) is 6.54 Å². The van der Waals surface area contributed by atoms with E-state index in [1.54, 1.807) is 7.05 Å². The van der Waals surface area contributed by atoms with Crippen molar-refractivity contribution in [2.45, 2.75) is 6.54 Å². The van der Waals surface area contributed by atoms with Gasteiger partial charge in [0.25, 0.3) is 0 Å². The number of aromatic nitrogens is 1. The Balaban J connectivity index is 2.26. The summed E-state index contributed by atoms with van der Waals surface area (Å²) in [7, 11) is 1.55. The van der Waals surface area contributed by atoms with E-state index >= 15 is 0 Å². The third-order valence-corrected chi connectivity index (χ3v) is 2.32. The highest BCUT2D eigenvalue weighted by Gasteiger charge is 2.07. The van der Waals surface area contributed by atoms with E-state index < -0.39 is 6.09 Å². The summed E-state index contributed by atoms with van der Waals surface area (Å²) in [6.07, 6.45) is -0.923. The number of fused-ring (bicyclic) bond motifs is 1. The third kappa shape index (κ3) is 1.93. The first kappa shape index (κ1) is 9.58. The molecule has 1 aromatic heterocycles. The predicted molar refractivity (Wildman–Crippen MR) is 57.8 cm³/mol. The molecule has 0 saturated heterocycles. The zero-order valence-corrected chi connectivity index (χ0v) is 8.40. The van der Waals surface area contributed by atoms with Crippen LogP contribution in [0.4, 0.5) is 4.79 Å². The number of aromatic amines is 1. The monoisotopic (exact) mass is 204 g/mol. The molecule has 15 heavy (non-hydrogen) atoms. The zero-order valence-electron chi connectivity index (χ0n) is 8.40. The van der Waals surface area contributed by atoms with Gasteiger partial charge in [0.05, 0.1) is 6.54 Å². The van der Waals surface area contributed by atoms with Crippen molar-refractivity contribution in [1.82, 2.24) is 9.88 Å². The highest BCUT2D eigenvalue weighted by atomic mass is 16.4. The van der Waals surface area contributed by atoms with Crippen molar-refractivity contribution in [2.24, 2.45) is 0 Å². The van der Waals surface area contributed by atoms with Gasteiger partial charge < -0.3 is 15.0 Å². The van der Waals surface area contributed by atoms with Gasteiger partial charge in [0.15, 0.2) is 0 Å². The molecule has 2 N–H and O–H groups in total. The highest BCUT2D eigenvalue weighted by Crippen LogP contribution is 2.15. The molecule has 0 aliphatic rings. The first-order valence-corrected chi connectivity index (χ1v) is 4.67. The summed E-state index contributed by atoms with van der Waals surface area (Å²) in [4.78, 5) is 15.0. The summed E-state index contributed by atoms with van der Waals surface area (Å²) in [6.45, 7) is 0.379. The molecule has 1 aromatic carbocycles. The van der Waals surface area contributed by atoms with Gasteiger partial charge >= 0.3 is 6.09 Å². The number of para-hydroxylation sites is 1. The standard InChI is InChI=1S/C11H12N2O2/c1-13(11(14)15)7-9-6-8-4-2-3-5-10(8)12-9/h2-6,12H,7H2,1H3,(H,14,15). The third-order valence-electron chi connectivity index (χ3n) is 2.32. The molecule has 1 heterocycles. The molecule has 78 valence electrons. The van der Waals surface area contributed by atoms with Crippen LogP contribution in [0.3, 0.4) is 0 Å². The lowest BCUT2D eigenvalue weighted by Crippen LogP contribution is -2.23. The van der Waals surface area contributed by atoms with Crippen molar-refractivity contribution >= 4 is 17.0 Å². The topological polar surface area (TPSA) is 56.3 Å². The summed E-state index contributed by atoms with van der Waals surface area (Å²) in [5.74, 6) is 0. The molecule has 0 radical (unpaired) electrons. The second kappa shape index (κ2) is 3.65. The summed E-state index contributed by atoms with van der Waals surface area (Å²) in [5.41, 5.74) is 1.94. The number of carboxylic acid groups (broad SMARTS) is 1. The first-order chi connectivity index (χ1) is 7.16. The van der Waals surface area contributed by atoms with E-state index in [9.17, 15) is 4.79 Å². The Morgan fingerprint density at radius 3 is 2.87 bits per heavy atom. The van der Waals surface area contributed by atoms with Crippen molar-refractivity contribution in [3.63, 3.8) is 0 Å². The molecular weight excluding hydrogens is 192 g/mol. The summed E-state index contributed by atoms with van der Waals surface area (Å²) < 4.78 is 0. The van der Waals surface area contributed by atoms with E-state index in [1.807, 2.05) is 30.3 Å².